The van der Waals surface area contributed by atoms with Gasteiger partial charge in [-0.25, -0.2) is 9.13 Å². The number of aliphatic hydroxyl groups excluding tert-OH is 1. The quantitative estimate of drug-likeness (QED) is 0.0169. The summed E-state index contributed by atoms with van der Waals surface area (Å²) in [6.45, 7) is 4.33. The molecule has 3 N–H and O–H groups in total. The average molecular weight is 1390 g/mol. The number of hydrogen-bond acceptors (Lipinski definition) is 15. The fraction of sp³-hybridized carbons (Fsp3) is 0.636. The van der Waals surface area contributed by atoms with Crippen LogP contribution in [0.15, 0.2) is 146 Å². The van der Waals surface area contributed by atoms with Crippen LogP contribution in [0.1, 0.15) is 259 Å². The number of aliphatic hydroxyl groups is 1. The number of ether oxygens (including phenoxy) is 4. The van der Waals surface area contributed by atoms with Gasteiger partial charge in [0, 0.05) is 12.8 Å². The molecule has 96 heavy (non-hydrogen) atoms. The van der Waals surface area contributed by atoms with Crippen molar-refractivity contribution in [1.82, 2.24) is 0 Å². The van der Waals surface area contributed by atoms with Crippen LogP contribution >= 0.6 is 15.6 Å². The molecule has 0 aliphatic carbocycles. The monoisotopic (exact) mass is 1380 g/mol. The summed E-state index contributed by atoms with van der Waals surface area (Å²) < 4.78 is 68.0. The number of carbonyl (C=O) groups excluding carboxylic acids is 4. The standard InChI is InChI=1S/C77H126O17P2/c1-5-9-13-17-21-25-29-33-35-39-42-46-50-54-58-62-75(80)88-68-73(94-77(82)64-60-56-52-48-44-40-36-34-30-26-22-18-14-10-6-2)70-92-96(85,86)90-66-71(78)65-89-95(83,84)91-69-72(93-76(81)63-59-55-51-47-43-38-32-28-24-20-16-12-8-4)67-87-74(79)61-57-53-49-45-41-37-31-27-23-19-15-11-7-3/h9-10,13-14,21-22,25-28,31-36,42,44,46,48,54,56,58,60,71-73,78H,5-8,11-12,15-20,23-24,29-30,37-41,43,45,47,49-53,55,57,59,61-70H2,1-4H3,(H,83,84)(H,85,86)/b13-9-,14-10-,25-21-,26-22-,31-27-,32-28-,35-33-,36-34-,46-42-,48-44-,58-54-,60-56-. The summed E-state index contributed by atoms with van der Waals surface area (Å²) in [6.07, 6.45) is 76.3. The van der Waals surface area contributed by atoms with Crippen LogP contribution in [-0.2, 0) is 65.4 Å². The molecule has 0 saturated heterocycles. The summed E-state index contributed by atoms with van der Waals surface area (Å²) in [7, 11) is -10.0. The molecule has 0 heterocycles. The minimum Gasteiger partial charge on any atom is -0.462 e. The molecule has 0 aromatic heterocycles. The Labute approximate surface area is 579 Å². The predicted molar refractivity (Wildman–Crippen MR) is 390 cm³/mol. The second-order valence-electron chi connectivity index (χ2n) is 23.4. The summed E-state index contributed by atoms with van der Waals surface area (Å²) in [5, 5.41) is 10.6. The van der Waals surface area contributed by atoms with Gasteiger partial charge in [0.1, 0.15) is 19.3 Å². The summed E-state index contributed by atoms with van der Waals surface area (Å²) in [5.74, 6) is -2.50. The van der Waals surface area contributed by atoms with Gasteiger partial charge in [-0.15, -0.1) is 0 Å². The fourth-order valence-electron chi connectivity index (χ4n) is 8.89. The highest BCUT2D eigenvalue weighted by Crippen LogP contribution is 2.45. The van der Waals surface area contributed by atoms with E-state index >= 15 is 0 Å². The Morgan fingerprint density at radius 1 is 0.312 bits per heavy atom. The Morgan fingerprint density at radius 3 is 0.958 bits per heavy atom. The molecule has 0 bridgehead atoms. The molecule has 17 nitrogen and oxygen atoms in total. The Morgan fingerprint density at radius 2 is 0.594 bits per heavy atom. The fourth-order valence-corrected chi connectivity index (χ4v) is 10.5. The van der Waals surface area contributed by atoms with Crippen molar-refractivity contribution in [1.29, 1.82) is 0 Å². The molecule has 0 saturated carbocycles. The number of phosphoric acid groups is 2. The maximum Gasteiger partial charge on any atom is 0.472 e. The lowest BCUT2D eigenvalue weighted by Gasteiger charge is -2.21. The smallest absolute Gasteiger partial charge is 0.462 e. The van der Waals surface area contributed by atoms with Gasteiger partial charge in [-0.05, 0) is 128 Å². The number of unbranched alkanes of at least 4 members (excludes halogenated alkanes) is 18. The first kappa shape index (κ1) is 90.9. The number of esters is 4. The molecule has 0 amide bonds. The lowest BCUT2D eigenvalue weighted by atomic mass is 10.1. The minimum absolute atomic E-state index is 0.0757. The van der Waals surface area contributed by atoms with Crippen LogP contribution in [0.25, 0.3) is 0 Å². The van der Waals surface area contributed by atoms with Crippen LogP contribution in [0.2, 0.25) is 0 Å². The Kier molecular flexibility index (Phi) is 64.9. The molecule has 0 radical (unpaired) electrons. The van der Waals surface area contributed by atoms with Crippen molar-refractivity contribution < 1.29 is 80.2 Å². The maximum atomic E-state index is 13.0. The zero-order valence-corrected chi connectivity index (χ0v) is 61.0. The van der Waals surface area contributed by atoms with Crippen LogP contribution in [0.4, 0.5) is 0 Å². The summed E-state index contributed by atoms with van der Waals surface area (Å²) in [6, 6.07) is 0. The topological polar surface area (TPSA) is 237 Å². The van der Waals surface area contributed by atoms with Gasteiger partial charge in [0.05, 0.1) is 39.3 Å². The van der Waals surface area contributed by atoms with E-state index in [2.05, 4.69) is 125 Å². The van der Waals surface area contributed by atoms with Gasteiger partial charge in [0.25, 0.3) is 0 Å². The molecular weight excluding hydrogens is 1260 g/mol. The van der Waals surface area contributed by atoms with Gasteiger partial charge >= 0.3 is 39.5 Å². The molecule has 0 aromatic rings. The lowest BCUT2D eigenvalue weighted by Crippen LogP contribution is -2.30. The predicted octanol–water partition coefficient (Wildman–Crippen LogP) is 20.3. The minimum atomic E-state index is -5.02. The van der Waals surface area contributed by atoms with E-state index in [1.54, 1.807) is 18.2 Å². The maximum absolute atomic E-state index is 13.0. The van der Waals surface area contributed by atoms with Crippen molar-refractivity contribution in [3.63, 3.8) is 0 Å². The highest BCUT2D eigenvalue weighted by atomic mass is 31.2. The van der Waals surface area contributed by atoms with E-state index in [0.29, 0.717) is 25.7 Å². The van der Waals surface area contributed by atoms with Gasteiger partial charge in [0.15, 0.2) is 12.2 Å². The van der Waals surface area contributed by atoms with E-state index in [-0.39, 0.29) is 25.7 Å². The molecule has 0 aliphatic rings. The van der Waals surface area contributed by atoms with Crippen LogP contribution in [0, 0.1) is 0 Å². The third-order valence-electron chi connectivity index (χ3n) is 14.3. The van der Waals surface area contributed by atoms with Crippen molar-refractivity contribution in [2.75, 3.05) is 39.6 Å². The van der Waals surface area contributed by atoms with Crippen molar-refractivity contribution >= 4 is 39.5 Å². The van der Waals surface area contributed by atoms with Crippen LogP contribution in [-0.4, -0.2) is 96.7 Å². The van der Waals surface area contributed by atoms with Crippen molar-refractivity contribution in [2.45, 2.75) is 277 Å². The van der Waals surface area contributed by atoms with Gasteiger partial charge in [-0.1, -0.05) is 251 Å². The Bertz CT molecular complexity index is 2400. The largest absolute Gasteiger partial charge is 0.472 e. The summed E-state index contributed by atoms with van der Waals surface area (Å²) in [4.78, 5) is 72.5. The van der Waals surface area contributed by atoms with Crippen LogP contribution in [0.5, 0.6) is 0 Å². The highest BCUT2D eigenvalue weighted by Gasteiger charge is 2.30. The van der Waals surface area contributed by atoms with E-state index in [1.165, 1.54) is 51.4 Å². The van der Waals surface area contributed by atoms with Gasteiger partial charge in [-0.3, -0.25) is 37.3 Å². The van der Waals surface area contributed by atoms with Crippen LogP contribution < -0.4 is 0 Å². The number of hydrogen-bond donors (Lipinski definition) is 3. The summed E-state index contributed by atoms with van der Waals surface area (Å²) >= 11 is 0. The van der Waals surface area contributed by atoms with E-state index in [4.69, 9.17) is 37.0 Å². The molecule has 0 aromatic carbocycles. The molecule has 0 spiro atoms. The normalized spacial score (nSPS) is 14.9. The van der Waals surface area contributed by atoms with Gasteiger partial charge < -0.3 is 33.8 Å². The first-order chi connectivity index (χ1) is 46.7. The number of phosphoric ester groups is 2. The highest BCUT2D eigenvalue weighted by molar-refractivity contribution is 7.47. The SMILES string of the molecule is CC/C=C\C/C=C\C/C=C\C/C=C\C/C=C\CC(=O)OCC(COP(=O)(O)OCC(O)COP(=O)(O)OCC(COC(=O)CCCCCCC/C=C\CCCCCC)OC(=O)CCCCCCC/C=C\CCCCCC)OC(=O)C/C=C\C/C=C\C/C=C\C/C=C\C/C=C\CC. The van der Waals surface area contributed by atoms with Crippen LogP contribution in [0.3, 0.4) is 0 Å². The molecular formula is C77H126O17P2. The summed E-state index contributed by atoms with van der Waals surface area (Å²) in [5.41, 5.74) is 0. The molecule has 0 aliphatic heterocycles. The molecule has 546 valence electrons. The second kappa shape index (κ2) is 68.5. The zero-order valence-electron chi connectivity index (χ0n) is 59.2. The first-order valence-electron chi connectivity index (χ1n) is 36.1. The van der Waals surface area contributed by atoms with E-state index in [1.807, 2.05) is 30.4 Å². The zero-order chi connectivity index (χ0) is 70.4. The third-order valence-corrected chi connectivity index (χ3v) is 16.2. The van der Waals surface area contributed by atoms with Crippen molar-refractivity contribution in [3.05, 3.63) is 146 Å². The molecule has 0 fully saturated rings. The Balaban J connectivity index is 5.51. The van der Waals surface area contributed by atoms with Gasteiger partial charge in [0.2, 0.25) is 0 Å². The Hall–Kier alpha value is -5.06. The number of allylic oxidation sites excluding steroid dienone is 22. The number of carbonyl (C=O) groups is 4. The molecule has 19 heteroatoms. The van der Waals surface area contributed by atoms with Gasteiger partial charge in [-0.2, -0.15) is 0 Å². The molecule has 0 rings (SSSR count). The van der Waals surface area contributed by atoms with E-state index in [0.717, 1.165) is 128 Å². The molecule has 5 unspecified atom stereocenters. The lowest BCUT2D eigenvalue weighted by molar-refractivity contribution is -0.161. The van der Waals surface area contributed by atoms with E-state index < -0.39 is 97.5 Å². The number of rotatable bonds is 66. The second-order valence-corrected chi connectivity index (χ2v) is 26.3. The van der Waals surface area contributed by atoms with E-state index in [9.17, 15) is 43.2 Å². The third kappa shape index (κ3) is 67.5. The first-order valence-corrected chi connectivity index (χ1v) is 39.1. The average Bonchev–Trinajstić information content (AvgIpc) is 1.36. The van der Waals surface area contributed by atoms with Crippen molar-refractivity contribution in [3.8, 4) is 0 Å². The molecule has 5 atom stereocenters. The van der Waals surface area contributed by atoms with Crippen molar-refractivity contribution in [2.24, 2.45) is 0 Å².